The number of nitrogens with one attached hydrogen (secondary N) is 1. The molecule has 3 aromatic rings. The first kappa shape index (κ1) is 21.9. The molecular weight excluding hydrogens is 424 g/mol. The number of hydrogen-bond acceptors (Lipinski definition) is 4. The Morgan fingerprint density at radius 2 is 1.53 bits per heavy atom. The highest BCUT2D eigenvalue weighted by Crippen LogP contribution is 2.37. The molecule has 1 aliphatic rings. The lowest BCUT2D eigenvalue weighted by Crippen LogP contribution is -2.50. The van der Waals surface area contributed by atoms with E-state index in [4.69, 9.17) is 4.74 Å². The van der Waals surface area contributed by atoms with E-state index in [1.807, 2.05) is 51.1 Å². The van der Waals surface area contributed by atoms with Gasteiger partial charge < -0.3 is 10.1 Å². The predicted octanol–water partition coefficient (Wildman–Crippen LogP) is 3.88. The molecule has 7 heteroatoms. The van der Waals surface area contributed by atoms with Gasteiger partial charge in [0.25, 0.3) is 15.9 Å². The monoisotopic (exact) mass is 450 g/mol. The lowest BCUT2D eigenvalue weighted by Gasteiger charge is -2.35. The summed E-state index contributed by atoms with van der Waals surface area (Å²) in [4.78, 5) is 13.1. The van der Waals surface area contributed by atoms with Crippen LogP contribution in [0.25, 0.3) is 0 Å². The highest BCUT2D eigenvalue weighted by Gasteiger charge is 2.37. The average molecular weight is 451 g/mol. The summed E-state index contributed by atoms with van der Waals surface area (Å²) in [5.74, 6) is 0.00827. The lowest BCUT2D eigenvalue weighted by molar-refractivity contribution is -0.127. The number of ether oxygens (including phenoxy) is 1. The van der Waals surface area contributed by atoms with Crippen LogP contribution in [0.3, 0.4) is 0 Å². The van der Waals surface area contributed by atoms with Crippen molar-refractivity contribution in [1.29, 1.82) is 0 Å². The van der Waals surface area contributed by atoms with Crippen molar-refractivity contribution < 1.29 is 17.9 Å². The molecule has 1 atom stereocenters. The van der Waals surface area contributed by atoms with Gasteiger partial charge in [0.05, 0.1) is 17.1 Å². The highest BCUT2D eigenvalue weighted by atomic mass is 32.2. The molecule has 0 saturated heterocycles. The van der Waals surface area contributed by atoms with Crippen molar-refractivity contribution >= 4 is 21.6 Å². The number of amides is 1. The van der Waals surface area contributed by atoms with E-state index in [9.17, 15) is 13.2 Å². The van der Waals surface area contributed by atoms with Crippen LogP contribution in [0.15, 0.2) is 71.6 Å². The van der Waals surface area contributed by atoms with Crippen LogP contribution in [0.5, 0.6) is 5.75 Å². The first-order valence-corrected chi connectivity index (χ1v) is 11.9. The van der Waals surface area contributed by atoms with Crippen molar-refractivity contribution in [1.82, 2.24) is 5.32 Å². The number of rotatable bonds is 5. The Morgan fingerprint density at radius 3 is 2.19 bits per heavy atom. The molecule has 0 spiro atoms. The molecule has 4 rings (SSSR count). The number of nitrogens with zero attached hydrogens (tertiary/aromatic N) is 1. The van der Waals surface area contributed by atoms with E-state index in [2.05, 4.69) is 5.32 Å². The maximum absolute atomic E-state index is 13.5. The fraction of sp³-hybridized carbons (Fsp3) is 0.240. The van der Waals surface area contributed by atoms with Gasteiger partial charge in [-0.1, -0.05) is 53.6 Å². The molecule has 32 heavy (non-hydrogen) atoms. The van der Waals surface area contributed by atoms with Crippen LogP contribution < -0.4 is 14.4 Å². The van der Waals surface area contributed by atoms with Gasteiger partial charge in [-0.25, -0.2) is 8.42 Å². The molecular formula is C25H26N2O4S. The molecule has 0 bridgehead atoms. The Labute approximate surface area is 188 Å². The van der Waals surface area contributed by atoms with Crippen molar-refractivity contribution in [3.63, 3.8) is 0 Å². The number of carbonyl (C=O) groups excluding carboxylic acids is 1. The Balaban J connectivity index is 1.61. The van der Waals surface area contributed by atoms with Crippen LogP contribution in [0, 0.1) is 20.8 Å². The first-order valence-electron chi connectivity index (χ1n) is 10.4. The summed E-state index contributed by atoms with van der Waals surface area (Å²) < 4.78 is 34.2. The maximum Gasteiger partial charge on any atom is 0.264 e. The van der Waals surface area contributed by atoms with E-state index in [-0.39, 0.29) is 17.3 Å². The van der Waals surface area contributed by atoms with Crippen LogP contribution in [0.4, 0.5) is 5.69 Å². The number of sulfonamides is 1. The minimum absolute atomic E-state index is 0.105. The number of fused-ring (bicyclic) bond motifs is 1. The van der Waals surface area contributed by atoms with E-state index in [0.29, 0.717) is 18.0 Å². The van der Waals surface area contributed by atoms with Crippen LogP contribution in [0.2, 0.25) is 0 Å². The van der Waals surface area contributed by atoms with E-state index in [1.165, 1.54) is 4.31 Å². The van der Waals surface area contributed by atoms with Crippen LogP contribution >= 0.6 is 0 Å². The van der Waals surface area contributed by atoms with Crippen molar-refractivity contribution in [3.05, 3.63) is 89.0 Å². The molecule has 6 nitrogen and oxygen atoms in total. The number of hydrogen-bond donors (Lipinski definition) is 1. The van der Waals surface area contributed by atoms with Crippen molar-refractivity contribution in [3.8, 4) is 5.75 Å². The molecule has 0 radical (unpaired) electrons. The largest absolute Gasteiger partial charge is 0.476 e. The van der Waals surface area contributed by atoms with Gasteiger partial charge in [-0.2, -0.15) is 0 Å². The Bertz CT molecular complexity index is 1240. The molecule has 0 fully saturated rings. The maximum atomic E-state index is 13.5. The summed E-state index contributed by atoms with van der Waals surface area (Å²) >= 11 is 0. The molecule has 1 N–H and O–H groups in total. The molecule has 166 valence electrons. The predicted molar refractivity (Wildman–Crippen MR) is 124 cm³/mol. The Morgan fingerprint density at radius 1 is 0.938 bits per heavy atom. The second-order valence-electron chi connectivity index (χ2n) is 8.13. The molecule has 1 aliphatic heterocycles. The van der Waals surface area contributed by atoms with Gasteiger partial charge in [0, 0.05) is 6.54 Å². The normalized spacial score (nSPS) is 15.6. The van der Waals surface area contributed by atoms with Gasteiger partial charge in [-0.3, -0.25) is 9.10 Å². The summed E-state index contributed by atoms with van der Waals surface area (Å²) in [5, 5.41) is 2.86. The highest BCUT2D eigenvalue weighted by molar-refractivity contribution is 7.92. The number of aryl methyl sites for hydroxylation is 3. The zero-order valence-corrected chi connectivity index (χ0v) is 19.1. The van der Waals surface area contributed by atoms with Gasteiger partial charge in [-0.15, -0.1) is 0 Å². The molecule has 0 aliphatic carbocycles. The Hall–Kier alpha value is -3.32. The third kappa shape index (κ3) is 4.48. The summed E-state index contributed by atoms with van der Waals surface area (Å²) in [6.07, 6.45) is -0.962. The fourth-order valence-electron chi connectivity index (χ4n) is 3.57. The summed E-state index contributed by atoms with van der Waals surface area (Å²) in [7, 11) is -3.87. The molecule has 0 unspecified atom stereocenters. The minimum Gasteiger partial charge on any atom is -0.476 e. The molecule has 0 saturated carbocycles. The van der Waals surface area contributed by atoms with Gasteiger partial charge in [-0.05, 0) is 56.2 Å². The van der Waals surface area contributed by atoms with E-state index in [0.717, 1.165) is 22.3 Å². The van der Waals surface area contributed by atoms with Crippen LogP contribution in [-0.2, 0) is 21.4 Å². The first-order chi connectivity index (χ1) is 15.2. The van der Waals surface area contributed by atoms with Crippen LogP contribution in [0.1, 0.15) is 22.3 Å². The SMILES string of the molecule is Cc1ccc(CNC(=O)[C@@H]2CN(S(=O)(=O)c3ccc(C)cc3)c3cc(C)ccc3O2)cc1. The second-order valence-corrected chi connectivity index (χ2v) is 9.99. The second kappa shape index (κ2) is 8.67. The lowest BCUT2D eigenvalue weighted by atomic mass is 10.1. The number of carbonyl (C=O) groups is 1. The van der Waals surface area contributed by atoms with E-state index >= 15 is 0 Å². The zero-order chi connectivity index (χ0) is 22.9. The summed E-state index contributed by atoms with van der Waals surface area (Å²) in [5.41, 5.74) is 4.40. The number of benzene rings is 3. The Kier molecular flexibility index (Phi) is 5.93. The molecule has 3 aromatic carbocycles. The summed E-state index contributed by atoms with van der Waals surface area (Å²) in [6, 6.07) is 19.9. The quantitative estimate of drug-likeness (QED) is 0.640. The van der Waals surface area contributed by atoms with E-state index in [1.54, 1.807) is 36.4 Å². The number of anilines is 1. The summed E-state index contributed by atoms with van der Waals surface area (Å²) in [6.45, 7) is 6.02. The van der Waals surface area contributed by atoms with E-state index < -0.39 is 16.1 Å². The van der Waals surface area contributed by atoms with Crippen molar-refractivity contribution in [2.45, 2.75) is 38.3 Å². The zero-order valence-electron chi connectivity index (χ0n) is 18.3. The fourth-order valence-corrected chi connectivity index (χ4v) is 5.04. The third-order valence-corrected chi connectivity index (χ3v) is 7.27. The molecule has 1 amide bonds. The average Bonchev–Trinajstić information content (AvgIpc) is 2.78. The van der Waals surface area contributed by atoms with Gasteiger partial charge in [0.2, 0.25) is 0 Å². The topological polar surface area (TPSA) is 75.7 Å². The van der Waals surface area contributed by atoms with Crippen LogP contribution in [-0.4, -0.2) is 27.0 Å². The standard InChI is InChI=1S/C25H26N2O4S/c1-17-4-9-20(10-5-17)15-26-25(28)24-16-27(22-14-19(3)8-13-23(22)31-24)32(29,30)21-11-6-18(2)7-12-21/h4-14,24H,15-16H2,1-3H3,(H,26,28)/t24-/m0/s1. The van der Waals surface area contributed by atoms with Crippen molar-refractivity contribution in [2.24, 2.45) is 0 Å². The van der Waals surface area contributed by atoms with Gasteiger partial charge in [0.15, 0.2) is 6.10 Å². The smallest absolute Gasteiger partial charge is 0.264 e. The molecule has 0 aromatic heterocycles. The van der Waals surface area contributed by atoms with Gasteiger partial charge >= 0.3 is 0 Å². The minimum atomic E-state index is -3.87. The molecule has 1 heterocycles. The van der Waals surface area contributed by atoms with Gasteiger partial charge in [0.1, 0.15) is 5.75 Å². The van der Waals surface area contributed by atoms with Crippen molar-refractivity contribution in [2.75, 3.05) is 10.8 Å². The third-order valence-electron chi connectivity index (χ3n) is 5.47.